The van der Waals surface area contributed by atoms with E-state index in [-0.39, 0.29) is 5.91 Å². The van der Waals surface area contributed by atoms with Gasteiger partial charge < -0.3 is 5.32 Å². The summed E-state index contributed by atoms with van der Waals surface area (Å²) in [6, 6.07) is 0. The Morgan fingerprint density at radius 3 is 2.71 bits per heavy atom. The van der Waals surface area contributed by atoms with E-state index < -0.39 is 0 Å². The molecule has 0 saturated carbocycles. The molecule has 0 fully saturated rings. The molecule has 14 heavy (non-hydrogen) atoms. The molecule has 0 radical (unpaired) electrons. The summed E-state index contributed by atoms with van der Waals surface area (Å²) in [5.74, 6) is 1.22. The average Bonchev–Trinajstić information content (AvgIpc) is 2.19. The first-order chi connectivity index (χ1) is 6.79. The number of rotatable bonds is 4. The second-order valence-corrected chi connectivity index (χ2v) is 4.76. The van der Waals surface area contributed by atoms with Crippen LogP contribution in [0.1, 0.15) is 39.5 Å². The third-order valence-corrected chi connectivity index (χ3v) is 3.43. The molecule has 0 atom stereocenters. The summed E-state index contributed by atoms with van der Waals surface area (Å²) in [5.41, 5.74) is 1.05. The fourth-order valence-electron chi connectivity index (χ4n) is 1.72. The number of carbonyl (C=O) groups excluding carboxylic acids is 1. The van der Waals surface area contributed by atoms with Gasteiger partial charge in [-0.1, -0.05) is 6.92 Å². The van der Waals surface area contributed by atoms with Crippen molar-refractivity contribution in [1.29, 1.82) is 0 Å². The molecule has 3 heteroatoms. The number of amides is 1. The third-order valence-electron chi connectivity index (χ3n) is 2.35. The molecule has 1 aliphatic carbocycles. The molecule has 80 valence electrons. The molecule has 1 rings (SSSR count). The minimum Gasteiger partial charge on any atom is -0.353 e. The average molecular weight is 213 g/mol. The van der Waals surface area contributed by atoms with Crippen molar-refractivity contribution < 1.29 is 4.79 Å². The van der Waals surface area contributed by atoms with Crippen molar-refractivity contribution in [3.63, 3.8) is 0 Å². The zero-order valence-corrected chi connectivity index (χ0v) is 9.88. The van der Waals surface area contributed by atoms with E-state index >= 15 is 0 Å². The Bertz CT molecular complexity index is 235. The molecule has 0 heterocycles. The van der Waals surface area contributed by atoms with Gasteiger partial charge in [-0.3, -0.25) is 4.79 Å². The van der Waals surface area contributed by atoms with Gasteiger partial charge in [-0.05, 0) is 43.3 Å². The molecule has 0 unspecified atom stereocenters. The molecule has 0 aromatic carbocycles. The predicted molar refractivity (Wildman–Crippen MR) is 62.3 cm³/mol. The first kappa shape index (κ1) is 11.6. The maximum atomic E-state index is 11.7. The van der Waals surface area contributed by atoms with Gasteiger partial charge in [0.05, 0.1) is 0 Å². The number of hydrogen-bond donors (Lipinski definition) is 1. The van der Waals surface area contributed by atoms with Crippen LogP contribution in [0.25, 0.3) is 0 Å². The molecular formula is C11H19NOS. The highest BCUT2D eigenvalue weighted by Gasteiger charge is 2.18. The Morgan fingerprint density at radius 2 is 2.07 bits per heavy atom. The van der Waals surface area contributed by atoms with Crippen LogP contribution in [0.2, 0.25) is 0 Å². The summed E-state index contributed by atoms with van der Waals surface area (Å²) in [5, 5.41) is 2.89. The molecule has 0 bridgehead atoms. The number of carbonyl (C=O) groups is 1. The number of hydrogen-bond acceptors (Lipinski definition) is 2. The van der Waals surface area contributed by atoms with Crippen LogP contribution in [0.3, 0.4) is 0 Å². The fraction of sp³-hybridized carbons (Fsp3) is 0.727. The zero-order chi connectivity index (χ0) is 10.4. The largest absolute Gasteiger partial charge is 0.353 e. The van der Waals surface area contributed by atoms with Gasteiger partial charge in [-0.25, -0.2) is 0 Å². The Hall–Kier alpha value is -0.440. The van der Waals surface area contributed by atoms with Crippen molar-refractivity contribution in [2.24, 2.45) is 0 Å². The highest BCUT2D eigenvalue weighted by molar-refractivity contribution is 8.03. The van der Waals surface area contributed by atoms with E-state index in [0.29, 0.717) is 0 Å². The zero-order valence-electron chi connectivity index (χ0n) is 9.06. The molecular weight excluding hydrogens is 194 g/mol. The monoisotopic (exact) mass is 213 g/mol. The molecule has 0 saturated heterocycles. The number of nitrogens with one attached hydrogen (secondary N) is 1. The summed E-state index contributed by atoms with van der Waals surface area (Å²) in [6.07, 6.45) is 4.48. The van der Waals surface area contributed by atoms with Crippen LogP contribution in [0.5, 0.6) is 0 Å². The van der Waals surface area contributed by atoms with E-state index in [1.807, 2.05) is 18.7 Å². The maximum Gasteiger partial charge on any atom is 0.247 e. The lowest BCUT2D eigenvalue weighted by Gasteiger charge is -2.18. The molecule has 0 spiro atoms. The van der Waals surface area contributed by atoms with Gasteiger partial charge in [0.2, 0.25) is 5.91 Å². The van der Waals surface area contributed by atoms with E-state index in [9.17, 15) is 4.79 Å². The SMILES string of the molecule is CCNC(=O)C1=C(SCC)CCCC1. The van der Waals surface area contributed by atoms with Crippen molar-refractivity contribution in [1.82, 2.24) is 5.32 Å². The minimum atomic E-state index is 0.156. The van der Waals surface area contributed by atoms with Gasteiger partial charge in [0.1, 0.15) is 0 Å². The Morgan fingerprint density at radius 1 is 1.36 bits per heavy atom. The molecule has 0 aromatic heterocycles. The van der Waals surface area contributed by atoms with Gasteiger partial charge in [0.15, 0.2) is 0 Å². The fourth-order valence-corrected chi connectivity index (χ4v) is 2.72. The summed E-state index contributed by atoms with van der Waals surface area (Å²) in [7, 11) is 0. The van der Waals surface area contributed by atoms with Gasteiger partial charge in [0.25, 0.3) is 0 Å². The van der Waals surface area contributed by atoms with Crippen LogP contribution >= 0.6 is 11.8 Å². The second kappa shape index (κ2) is 6.12. The van der Waals surface area contributed by atoms with Crippen molar-refractivity contribution >= 4 is 17.7 Å². The van der Waals surface area contributed by atoms with Crippen LogP contribution in [0.15, 0.2) is 10.5 Å². The summed E-state index contributed by atoms with van der Waals surface area (Å²) in [4.78, 5) is 13.0. The van der Waals surface area contributed by atoms with Crippen LogP contribution in [0, 0.1) is 0 Å². The van der Waals surface area contributed by atoms with Gasteiger partial charge >= 0.3 is 0 Å². The predicted octanol–water partition coefficient (Wildman–Crippen LogP) is 2.70. The first-order valence-electron chi connectivity index (χ1n) is 5.42. The standard InChI is InChI=1S/C11H19NOS/c1-3-12-11(13)9-7-5-6-8-10(9)14-4-2/h3-8H2,1-2H3,(H,12,13). The van der Waals surface area contributed by atoms with E-state index in [1.54, 1.807) is 0 Å². The van der Waals surface area contributed by atoms with E-state index in [0.717, 1.165) is 30.7 Å². The second-order valence-electron chi connectivity index (χ2n) is 3.40. The van der Waals surface area contributed by atoms with Crippen LogP contribution in [-0.4, -0.2) is 18.2 Å². The number of thioether (sulfide) groups is 1. The van der Waals surface area contributed by atoms with Crippen LogP contribution in [0.4, 0.5) is 0 Å². The topological polar surface area (TPSA) is 29.1 Å². The maximum absolute atomic E-state index is 11.7. The lowest BCUT2D eigenvalue weighted by molar-refractivity contribution is -0.117. The van der Waals surface area contributed by atoms with Gasteiger partial charge in [0, 0.05) is 12.1 Å². The lowest BCUT2D eigenvalue weighted by atomic mass is 9.99. The van der Waals surface area contributed by atoms with Crippen molar-refractivity contribution in [3.05, 3.63) is 10.5 Å². The minimum absolute atomic E-state index is 0.156. The van der Waals surface area contributed by atoms with Crippen molar-refractivity contribution in [2.45, 2.75) is 39.5 Å². The Balaban J connectivity index is 2.71. The van der Waals surface area contributed by atoms with E-state index in [1.165, 1.54) is 17.7 Å². The van der Waals surface area contributed by atoms with Crippen LogP contribution in [-0.2, 0) is 4.79 Å². The normalized spacial score (nSPS) is 17.0. The smallest absolute Gasteiger partial charge is 0.247 e. The van der Waals surface area contributed by atoms with Gasteiger partial charge in [-0.15, -0.1) is 11.8 Å². The van der Waals surface area contributed by atoms with Crippen molar-refractivity contribution in [3.8, 4) is 0 Å². The first-order valence-corrected chi connectivity index (χ1v) is 6.41. The Kier molecular flexibility index (Phi) is 5.09. The third kappa shape index (κ3) is 3.05. The number of likely N-dealkylation sites (N-methyl/N-ethyl adjacent to an activating group) is 1. The number of allylic oxidation sites excluding steroid dienone is 1. The summed E-state index contributed by atoms with van der Waals surface area (Å²) >= 11 is 1.83. The van der Waals surface area contributed by atoms with Crippen molar-refractivity contribution in [2.75, 3.05) is 12.3 Å². The van der Waals surface area contributed by atoms with E-state index in [2.05, 4.69) is 12.2 Å². The molecule has 1 N–H and O–H groups in total. The molecule has 0 aliphatic heterocycles. The van der Waals surface area contributed by atoms with Gasteiger partial charge in [-0.2, -0.15) is 0 Å². The highest BCUT2D eigenvalue weighted by Crippen LogP contribution is 2.32. The molecule has 1 amide bonds. The molecule has 1 aliphatic rings. The quantitative estimate of drug-likeness (QED) is 0.778. The summed E-state index contributed by atoms with van der Waals surface area (Å²) < 4.78 is 0. The van der Waals surface area contributed by atoms with Crippen LogP contribution < -0.4 is 5.32 Å². The lowest BCUT2D eigenvalue weighted by Crippen LogP contribution is -2.26. The molecule has 0 aromatic rings. The Labute approximate surface area is 90.5 Å². The van der Waals surface area contributed by atoms with E-state index in [4.69, 9.17) is 0 Å². The molecule has 2 nitrogen and oxygen atoms in total. The summed E-state index contributed by atoms with van der Waals surface area (Å²) in [6.45, 7) is 4.84. The highest BCUT2D eigenvalue weighted by atomic mass is 32.2.